The molecule has 0 spiro atoms. The molecule has 0 aliphatic carbocycles. The molecule has 0 radical (unpaired) electrons. The van der Waals surface area contributed by atoms with E-state index in [1.165, 1.54) is 18.3 Å². The number of nitrogen functional groups attached to an aromatic ring is 1. The van der Waals surface area contributed by atoms with E-state index in [4.69, 9.17) is 5.73 Å². The summed E-state index contributed by atoms with van der Waals surface area (Å²) in [5.41, 5.74) is 6.82. The number of nitrogens with zero attached hydrogens (tertiary/aromatic N) is 3. The van der Waals surface area contributed by atoms with Crippen LogP contribution in [0.15, 0.2) is 47.6 Å². The molecule has 90 valence electrons. The van der Waals surface area contributed by atoms with Gasteiger partial charge >= 0.3 is 0 Å². The second-order valence-corrected chi connectivity index (χ2v) is 3.52. The van der Waals surface area contributed by atoms with Crippen LogP contribution in [0.25, 0.3) is 0 Å². The number of aromatic nitrogens is 1. The van der Waals surface area contributed by atoms with Crippen molar-refractivity contribution in [1.82, 2.24) is 4.98 Å². The molecule has 0 saturated heterocycles. The summed E-state index contributed by atoms with van der Waals surface area (Å²) in [5.74, 6) is 0.319. The number of hydrogen-bond acceptors (Lipinski definition) is 5. The van der Waals surface area contributed by atoms with Gasteiger partial charge in [0.15, 0.2) is 0 Å². The quantitative estimate of drug-likeness (QED) is 0.507. The van der Waals surface area contributed by atoms with Crippen molar-refractivity contribution in [2.45, 2.75) is 0 Å². The Labute approximate surface area is 103 Å². The molecule has 1 aromatic heterocycles. The van der Waals surface area contributed by atoms with Crippen molar-refractivity contribution in [3.8, 4) is 0 Å². The fourth-order valence-electron chi connectivity index (χ4n) is 1.38. The van der Waals surface area contributed by atoms with Crippen molar-refractivity contribution in [3.63, 3.8) is 0 Å². The van der Waals surface area contributed by atoms with Gasteiger partial charge in [0.05, 0.1) is 4.92 Å². The van der Waals surface area contributed by atoms with Crippen molar-refractivity contribution >= 4 is 23.4 Å². The van der Waals surface area contributed by atoms with Crippen LogP contribution in [0.5, 0.6) is 0 Å². The number of aliphatic imine (C=N–C) groups is 1. The van der Waals surface area contributed by atoms with Gasteiger partial charge in [0.2, 0.25) is 0 Å². The molecular weight excluding hydrogens is 232 g/mol. The average Bonchev–Trinajstić information content (AvgIpc) is 2.38. The first-order chi connectivity index (χ1) is 8.66. The van der Waals surface area contributed by atoms with E-state index in [9.17, 15) is 10.1 Å². The largest absolute Gasteiger partial charge is 0.382 e. The minimum absolute atomic E-state index is 0.0260. The normalized spacial score (nSPS) is 10.7. The lowest BCUT2D eigenvalue weighted by Gasteiger charge is -1.97. The van der Waals surface area contributed by atoms with Gasteiger partial charge in [-0.05, 0) is 17.7 Å². The molecule has 6 heteroatoms. The predicted octanol–water partition coefficient (Wildman–Crippen LogP) is 2.32. The molecule has 2 N–H and O–H groups in total. The van der Waals surface area contributed by atoms with E-state index in [2.05, 4.69) is 9.98 Å². The van der Waals surface area contributed by atoms with Gasteiger partial charge in [-0.25, -0.2) is 4.98 Å². The third-order valence-electron chi connectivity index (χ3n) is 2.25. The zero-order chi connectivity index (χ0) is 13.0. The Bertz CT molecular complexity index is 611. The topological polar surface area (TPSA) is 94.4 Å². The maximum Gasteiger partial charge on any atom is 0.270 e. The van der Waals surface area contributed by atoms with Crippen LogP contribution in [0.4, 0.5) is 17.2 Å². The summed E-state index contributed by atoms with van der Waals surface area (Å²) in [5, 5.41) is 10.6. The number of non-ortho nitro benzene ring substituents is 1. The molecule has 0 bridgehead atoms. The number of benzene rings is 1. The number of rotatable bonds is 3. The number of nitro groups is 1. The zero-order valence-electron chi connectivity index (χ0n) is 9.35. The SMILES string of the molecule is Nc1ncccc1N=Cc1cccc([N+](=O)[O-])c1. The fraction of sp³-hybridized carbons (Fsp3) is 0. The monoisotopic (exact) mass is 242 g/mol. The highest BCUT2D eigenvalue weighted by atomic mass is 16.6. The highest BCUT2D eigenvalue weighted by molar-refractivity contribution is 5.84. The standard InChI is InChI=1S/C12H10N4O2/c13-12-11(5-2-6-14-12)15-8-9-3-1-4-10(7-9)16(17)18/h1-8H,(H2,13,14). The molecule has 0 unspecified atom stereocenters. The second-order valence-electron chi connectivity index (χ2n) is 3.52. The Morgan fingerprint density at radius 3 is 2.89 bits per heavy atom. The van der Waals surface area contributed by atoms with Gasteiger partial charge in [-0.3, -0.25) is 15.1 Å². The Hall–Kier alpha value is -2.76. The first kappa shape index (κ1) is 11.7. The first-order valence-corrected chi connectivity index (χ1v) is 5.16. The van der Waals surface area contributed by atoms with E-state index in [1.807, 2.05) is 0 Å². The third-order valence-corrected chi connectivity index (χ3v) is 2.25. The summed E-state index contributed by atoms with van der Waals surface area (Å²) in [4.78, 5) is 18.2. The zero-order valence-corrected chi connectivity index (χ0v) is 9.35. The van der Waals surface area contributed by atoms with E-state index in [0.29, 0.717) is 17.1 Å². The van der Waals surface area contributed by atoms with Crippen LogP contribution in [0.3, 0.4) is 0 Å². The number of anilines is 1. The van der Waals surface area contributed by atoms with Gasteiger partial charge < -0.3 is 5.73 Å². The first-order valence-electron chi connectivity index (χ1n) is 5.16. The Morgan fingerprint density at radius 1 is 1.33 bits per heavy atom. The van der Waals surface area contributed by atoms with Crippen molar-refractivity contribution in [2.24, 2.45) is 4.99 Å². The van der Waals surface area contributed by atoms with E-state index < -0.39 is 4.92 Å². The molecule has 0 aliphatic heterocycles. The van der Waals surface area contributed by atoms with Crippen LogP contribution in [-0.2, 0) is 0 Å². The van der Waals surface area contributed by atoms with Crippen LogP contribution >= 0.6 is 0 Å². The van der Waals surface area contributed by atoms with Gasteiger partial charge in [0.1, 0.15) is 11.5 Å². The molecular formula is C12H10N4O2. The molecule has 18 heavy (non-hydrogen) atoms. The molecule has 1 aromatic carbocycles. The molecule has 0 atom stereocenters. The van der Waals surface area contributed by atoms with Crippen LogP contribution in [0.2, 0.25) is 0 Å². The molecule has 6 nitrogen and oxygen atoms in total. The van der Waals surface area contributed by atoms with Crippen molar-refractivity contribution in [3.05, 3.63) is 58.3 Å². The molecule has 0 saturated carbocycles. The highest BCUT2D eigenvalue weighted by Gasteiger charge is 2.04. The fourth-order valence-corrected chi connectivity index (χ4v) is 1.38. The number of pyridine rings is 1. The van der Waals surface area contributed by atoms with Crippen LogP contribution in [0, 0.1) is 10.1 Å². The summed E-state index contributed by atoms with van der Waals surface area (Å²) in [7, 11) is 0. The van der Waals surface area contributed by atoms with Crippen molar-refractivity contribution in [1.29, 1.82) is 0 Å². The lowest BCUT2D eigenvalue weighted by molar-refractivity contribution is -0.384. The van der Waals surface area contributed by atoms with Crippen LogP contribution in [0.1, 0.15) is 5.56 Å². The summed E-state index contributed by atoms with van der Waals surface area (Å²) in [6, 6.07) is 9.63. The smallest absolute Gasteiger partial charge is 0.270 e. The Balaban J connectivity index is 2.27. The lowest BCUT2D eigenvalue weighted by atomic mass is 10.2. The van der Waals surface area contributed by atoms with E-state index in [1.54, 1.807) is 30.5 Å². The van der Waals surface area contributed by atoms with E-state index in [0.717, 1.165) is 0 Å². The molecule has 0 fully saturated rings. The van der Waals surface area contributed by atoms with Gasteiger partial charge in [0.25, 0.3) is 5.69 Å². The average molecular weight is 242 g/mol. The summed E-state index contributed by atoms with van der Waals surface area (Å²) >= 11 is 0. The van der Waals surface area contributed by atoms with Crippen molar-refractivity contribution in [2.75, 3.05) is 5.73 Å². The molecule has 0 amide bonds. The number of hydrogen-bond donors (Lipinski definition) is 1. The van der Waals surface area contributed by atoms with Gasteiger partial charge in [0, 0.05) is 24.5 Å². The third kappa shape index (κ3) is 2.67. The van der Waals surface area contributed by atoms with Gasteiger partial charge in [-0.1, -0.05) is 12.1 Å². The number of nitro benzene ring substituents is 1. The second kappa shape index (κ2) is 5.05. The predicted molar refractivity (Wildman–Crippen MR) is 69.0 cm³/mol. The lowest BCUT2D eigenvalue weighted by Crippen LogP contribution is -1.91. The molecule has 0 aliphatic rings. The summed E-state index contributed by atoms with van der Waals surface area (Å²) < 4.78 is 0. The maximum absolute atomic E-state index is 10.6. The molecule has 1 heterocycles. The van der Waals surface area contributed by atoms with Crippen molar-refractivity contribution < 1.29 is 4.92 Å². The van der Waals surface area contributed by atoms with Gasteiger partial charge in [-0.15, -0.1) is 0 Å². The van der Waals surface area contributed by atoms with E-state index in [-0.39, 0.29) is 5.69 Å². The van der Waals surface area contributed by atoms with Gasteiger partial charge in [-0.2, -0.15) is 0 Å². The number of nitrogens with two attached hydrogens (primary N) is 1. The maximum atomic E-state index is 10.6. The Morgan fingerprint density at radius 2 is 2.17 bits per heavy atom. The van der Waals surface area contributed by atoms with Crippen LogP contribution < -0.4 is 5.73 Å². The van der Waals surface area contributed by atoms with Crippen LogP contribution in [-0.4, -0.2) is 16.1 Å². The summed E-state index contributed by atoms with van der Waals surface area (Å²) in [6.07, 6.45) is 3.09. The van der Waals surface area contributed by atoms with E-state index >= 15 is 0 Å². The minimum atomic E-state index is -0.449. The minimum Gasteiger partial charge on any atom is -0.382 e. The molecule has 2 aromatic rings. The Kier molecular flexibility index (Phi) is 3.29. The summed E-state index contributed by atoms with van der Waals surface area (Å²) in [6.45, 7) is 0. The highest BCUT2D eigenvalue weighted by Crippen LogP contribution is 2.18. The molecule has 2 rings (SSSR count).